The third-order valence-electron chi connectivity index (χ3n) is 2.72. The summed E-state index contributed by atoms with van der Waals surface area (Å²) in [5.41, 5.74) is 0.828. The molecule has 2 rings (SSSR count). The fourth-order valence-corrected chi connectivity index (χ4v) is 3.76. The largest absolute Gasteiger partial charge is 0.478 e. The summed E-state index contributed by atoms with van der Waals surface area (Å²) in [7, 11) is 0. The third-order valence-corrected chi connectivity index (χ3v) is 5.24. The summed E-state index contributed by atoms with van der Waals surface area (Å²) < 4.78 is 0.540. The van der Waals surface area contributed by atoms with Crippen molar-refractivity contribution in [1.29, 1.82) is 5.26 Å². The second-order valence-corrected chi connectivity index (χ2v) is 6.81. The maximum absolute atomic E-state index is 11.2. The van der Waals surface area contributed by atoms with Gasteiger partial charge >= 0.3 is 5.97 Å². The first kappa shape index (κ1) is 16.0. The minimum atomic E-state index is -0.984. The van der Waals surface area contributed by atoms with Crippen LogP contribution < -0.4 is 0 Å². The number of nitriles is 1. The maximum atomic E-state index is 11.2. The molecule has 2 aromatic rings. The molecular formula is C15H10BrNO2S2. The van der Waals surface area contributed by atoms with Gasteiger partial charge < -0.3 is 5.11 Å². The van der Waals surface area contributed by atoms with E-state index in [1.54, 1.807) is 12.1 Å². The van der Waals surface area contributed by atoms with Crippen LogP contribution in [0.1, 0.15) is 15.9 Å². The summed E-state index contributed by atoms with van der Waals surface area (Å²) in [6.45, 7) is 0. The first-order valence-corrected chi connectivity index (χ1v) is 8.68. The van der Waals surface area contributed by atoms with Crippen LogP contribution in [0.5, 0.6) is 0 Å². The summed E-state index contributed by atoms with van der Waals surface area (Å²) >= 11 is 6.13. The molecule has 0 unspecified atom stereocenters. The Kier molecular flexibility index (Phi) is 5.34. The summed E-state index contributed by atoms with van der Waals surface area (Å²) in [5.74, 6) is -0.984. The Labute approximate surface area is 139 Å². The smallest absolute Gasteiger partial charge is 0.336 e. The predicted molar refractivity (Wildman–Crippen MR) is 88.2 cm³/mol. The van der Waals surface area contributed by atoms with E-state index >= 15 is 0 Å². The van der Waals surface area contributed by atoms with Gasteiger partial charge in [0.2, 0.25) is 0 Å². The van der Waals surface area contributed by atoms with Gasteiger partial charge in [-0.15, -0.1) is 11.8 Å². The van der Waals surface area contributed by atoms with E-state index in [0.717, 1.165) is 14.7 Å². The molecule has 0 radical (unpaired) electrons. The van der Waals surface area contributed by atoms with E-state index in [1.807, 2.05) is 30.5 Å². The van der Waals surface area contributed by atoms with Crippen LogP contribution in [0.4, 0.5) is 0 Å². The van der Waals surface area contributed by atoms with Gasteiger partial charge in [-0.2, -0.15) is 5.26 Å². The van der Waals surface area contributed by atoms with Crippen molar-refractivity contribution in [2.24, 2.45) is 0 Å². The maximum Gasteiger partial charge on any atom is 0.336 e. The molecule has 0 spiro atoms. The molecule has 0 atom stereocenters. The molecule has 1 N–H and O–H groups in total. The lowest BCUT2D eigenvalue weighted by atomic mass is 10.2. The lowest BCUT2D eigenvalue weighted by Crippen LogP contribution is -1.97. The molecule has 0 aliphatic heterocycles. The molecule has 0 bridgehead atoms. The predicted octanol–water partition coefficient (Wildman–Crippen LogP) is 4.89. The van der Waals surface area contributed by atoms with Crippen molar-refractivity contribution in [3.05, 3.63) is 52.0 Å². The highest BCUT2D eigenvalue weighted by Crippen LogP contribution is 2.35. The van der Waals surface area contributed by atoms with Gasteiger partial charge in [-0.1, -0.05) is 17.8 Å². The van der Waals surface area contributed by atoms with Gasteiger partial charge in [-0.05, 0) is 52.5 Å². The van der Waals surface area contributed by atoms with E-state index in [2.05, 4.69) is 22.0 Å². The van der Waals surface area contributed by atoms with Crippen molar-refractivity contribution in [3.8, 4) is 6.07 Å². The summed E-state index contributed by atoms with van der Waals surface area (Å²) in [6.07, 6.45) is 1.92. The Morgan fingerprint density at radius 3 is 2.62 bits per heavy atom. The second kappa shape index (κ2) is 7.03. The average molecular weight is 380 g/mol. The Hall–Kier alpha value is -1.42. The molecule has 0 fully saturated rings. The number of carboxylic acid groups (broad SMARTS) is 1. The van der Waals surface area contributed by atoms with Crippen molar-refractivity contribution in [2.75, 3.05) is 6.26 Å². The van der Waals surface area contributed by atoms with Gasteiger partial charge in [0.05, 0.1) is 11.1 Å². The topological polar surface area (TPSA) is 61.1 Å². The van der Waals surface area contributed by atoms with Gasteiger partial charge in [0.25, 0.3) is 0 Å². The molecule has 6 heteroatoms. The van der Waals surface area contributed by atoms with E-state index in [-0.39, 0.29) is 5.56 Å². The third kappa shape index (κ3) is 3.62. The molecule has 0 aromatic heterocycles. The number of halogens is 1. The van der Waals surface area contributed by atoms with Crippen LogP contribution in [0, 0.1) is 11.3 Å². The molecule has 106 valence electrons. The van der Waals surface area contributed by atoms with E-state index in [0.29, 0.717) is 10.0 Å². The standard InChI is InChI=1S/C15H10BrNO2S2/c1-20-13-3-2-4-14(11(13)8-17)21-9-5-6-12(16)10(7-9)15(18)19/h2-7H,1H3,(H,18,19). The lowest BCUT2D eigenvalue weighted by Gasteiger charge is -2.08. The zero-order valence-corrected chi connectivity index (χ0v) is 14.2. The molecule has 0 saturated heterocycles. The molecule has 0 aliphatic carbocycles. The Morgan fingerprint density at radius 2 is 2.00 bits per heavy atom. The highest BCUT2D eigenvalue weighted by atomic mass is 79.9. The number of carboxylic acids is 1. The van der Waals surface area contributed by atoms with Crippen LogP contribution in [0.15, 0.2) is 55.6 Å². The lowest BCUT2D eigenvalue weighted by molar-refractivity contribution is 0.0695. The molecule has 3 nitrogen and oxygen atoms in total. The number of hydrogen-bond acceptors (Lipinski definition) is 4. The van der Waals surface area contributed by atoms with Crippen LogP contribution in [0.2, 0.25) is 0 Å². The van der Waals surface area contributed by atoms with Gasteiger partial charge in [0.15, 0.2) is 0 Å². The number of hydrogen-bond donors (Lipinski definition) is 1. The van der Waals surface area contributed by atoms with Crippen molar-refractivity contribution in [2.45, 2.75) is 14.7 Å². The monoisotopic (exact) mass is 379 g/mol. The average Bonchev–Trinajstić information content (AvgIpc) is 2.48. The number of nitrogens with zero attached hydrogens (tertiary/aromatic N) is 1. The summed E-state index contributed by atoms with van der Waals surface area (Å²) in [4.78, 5) is 13.7. The Bertz CT molecular complexity index is 741. The number of rotatable bonds is 4. The van der Waals surface area contributed by atoms with E-state index < -0.39 is 5.97 Å². The van der Waals surface area contributed by atoms with E-state index in [9.17, 15) is 10.1 Å². The van der Waals surface area contributed by atoms with Crippen LogP contribution in [0.25, 0.3) is 0 Å². The number of carbonyl (C=O) groups is 1. The van der Waals surface area contributed by atoms with Crippen molar-refractivity contribution < 1.29 is 9.90 Å². The highest BCUT2D eigenvalue weighted by Gasteiger charge is 2.12. The van der Waals surface area contributed by atoms with Crippen LogP contribution in [-0.4, -0.2) is 17.3 Å². The fraction of sp³-hybridized carbons (Fsp3) is 0.0667. The molecule has 0 heterocycles. The van der Waals surface area contributed by atoms with Gasteiger partial charge in [-0.25, -0.2) is 4.79 Å². The van der Waals surface area contributed by atoms with Crippen LogP contribution in [-0.2, 0) is 0 Å². The molecular weight excluding hydrogens is 370 g/mol. The zero-order valence-electron chi connectivity index (χ0n) is 11.0. The van der Waals surface area contributed by atoms with Crippen LogP contribution in [0.3, 0.4) is 0 Å². The zero-order chi connectivity index (χ0) is 15.4. The minimum Gasteiger partial charge on any atom is -0.478 e. The first-order valence-electron chi connectivity index (χ1n) is 5.84. The normalized spacial score (nSPS) is 10.1. The number of aromatic carboxylic acids is 1. The van der Waals surface area contributed by atoms with Crippen LogP contribution >= 0.6 is 39.5 Å². The summed E-state index contributed by atoms with van der Waals surface area (Å²) in [5, 5.41) is 18.5. The van der Waals surface area contributed by atoms with Crippen molar-refractivity contribution in [3.63, 3.8) is 0 Å². The quantitative estimate of drug-likeness (QED) is 0.765. The Balaban J connectivity index is 2.42. The number of benzene rings is 2. The van der Waals surface area contributed by atoms with Gasteiger partial charge in [0.1, 0.15) is 6.07 Å². The first-order chi connectivity index (χ1) is 10.1. The van der Waals surface area contributed by atoms with Gasteiger partial charge in [-0.3, -0.25) is 0 Å². The van der Waals surface area contributed by atoms with Gasteiger partial charge in [0, 0.05) is 19.2 Å². The summed E-state index contributed by atoms with van der Waals surface area (Å²) in [6, 6.07) is 13.0. The van der Waals surface area contributed by atoms with Crippen molar-refractivity contribution >= 4 is 45.4 Å². The molecule has 0 saturated carbocycles. The Morgan fingerprint density at radius 1 is 1.29 bits per heavy atom. The molecule has 2 aromatic carbocycles. The molecule has 21 heavy (non-hydrogen) atoms. The second-order valence-electron chi connectivity index (χ2n) is 3.99. The highest BCUT2D eigenvalue weighted by molar-refractivity contribution is 9.10. The fourth-order valence-electron chi connectivity index (χ4n) is 1.74. The van der Waals surface area contributed by atoms with E-state index in [4.69, 9.17) is 5.11 Å². The minimum absolute atomic E-state index is 0.208. The van der Waals surface area contributed by atoms with Crippen molar-refractivity contribution in [1.82, 2.24) is 0 Å². The SMILES string of the molecule is CSc1cccc(Sc2ccc(Br)c(C(=O)O)c2)c1C#N. The van der Waals surface area contributed by atoms with E-state index in [1.165, 1.54) is 23.5 Å². The number of thioether (sulfide) groups is 1. The molecule has 0 amide bonds. The molecule has 0 aliphatic rings.